The van der Waals surface area contributed by atoms with Crippen LogP contribution in [0.1, 0.15) is 31.9 Å². The van der Waals surface area contributed by atoms with E-state index in [-0.39, 0.29) is 11.3 Å². The van der Waals surface area contributed by atoms with Gasteiger partial charge < -0.3 is 10.1 Å². The van der Waals surface area contributed by atoms with Gasteiger partial charge in [-0.05, 0) is 22.6 Å². The summed E-state index contributed by atoms with van der Waals surface area (Å²) in [6, 6.07) is 5.91. The molecule has 1 rings (SSSR count). The largest absolute Gasteiger partial charge is 0.496 e. The Bertz CT molecular complexity index is 458. The second kappa shape index (κ2) is 6.41. The van der Waals surface area contributed by atoms with Crippen LogP contribution in [0.3, 0.4) is 0 Å². The molecule has 104 valence electrons. The predicted molar refractivity (Wildman–Crippen MR) is 78.6 cm³/mol. The monoisotopic (exact) mass is 261 g/mol. The molecule has 0 heterocycles. The fourth-order valence-corrected chi connectivity index (χ4v) is 1.89. The van der Waals surface area contributed by atoms with E-state index in [1.807, 2.05) is 18.2 Å². The van der Waals surface area contributed by atoms with Gasteiger partial charge in [-0.25, -0.2) is 0 Å². The van der Waals surface area contributed by atoms with E-state index in [4.69, 9.17) is 4.74 Å². The van der Waals surface area contributed by atoms with Gasteiger partial charge in [0.1, 0.15) is 5.75 Å². The van der Waals surface area contributed by atoms with Gasteiger partial charge in [0, 0.05) is 6.54 Å². The van der Waals surface area contributed by atoms with Crippen molar-refractivity contribution in [2.24, 2.45) is 0 Å². The van der Waals surface area contributed by atoms with Crippen LogP contribution < -0.4 is 10.1 Å². The van der Waals surface area contributed by atoms with Gasteiger partial charge in [0.2, 0.25) is 5.91 Å². The summed E-state index contributed by atoms with van der Waals surface area (Å²) in [5.74, 6) is 0.868. The molecule has 0 aromatic heterocycles. The van der Waals surface area contributed by atoms with Gasteiger partial charge >= 0.3 is 0 Å². The summed E-state index contributed by atoms with van der Waals surface area (Å²) in [5, 5.41) is 2.78. The van der Waals surface area contributed by atoms with Crippen LogP contribution in [0.2, 0.25) is 0 Å². The second-order valence-electron chi connectivity index (χ2n) is 5.55. The highest BCUT2D eigenvalue weighted by molar-refractivity contribution is 5.78. The number of hydrogen-bond acceptors (Lipinski definition) is 2. The second-order valence-corrected chi connectivity index (χ2v) is 5.55. The number of carbonyl (C=O) groups excluding carboxylic acids is 1. The quantitative estimate of drug-likeness (QED) is 0.828. The zero-order valence-corrected chi connectivity index (χ0v) is 12.2. The molecule has 3 nitrogen and oxygen atoms in total. The first-order chi connectivity index (χ1) is 8.88. The predicted octanol–water partition coefficient (Wildman–Crippen LogP) is 2.84. The number of hydrogen-bond donors (Lipinski definition) is 1. The molecule has 0 aliphatic rings. The lowest BCUT2D eigenvalue weighted by atomic mass is 9.85. The molecule has 1 aromatic carbocycles. The lowest BCUT2D eigenvalue weighted by Gasteiger charge is -2.22. The smallest absolute Gasteiger partial charge is 0.224 e. The van der Waals surface area contributed by atoms with Crippen molar-refractivity contribution in [3.63, 3.8) is 0 Å². The van der Waals surface area contributed by atoms with Crippen LogP contribution >= 0.6 is 0 Å². The molecule has 0 spiro atoms. The third kappa shape index (κ3) is 4.43. The summed E-state index contributed by atoms with van der Waals surface area (Å²) in [6.07, 6.45) is 2.05. The molecular formula is C16H23NO2. The molecule has 0 unspecified atom stereocenters. The molecule has 0 saturated heterocycles. The number of ether oxygens (including phenoxy) is 1. The standard InChI is InChI=1S/C16H23NO2/c1-6-9-17-15(18)11-12-7-8-14(19-5)13(10-12)16(2,3)4/h6-8,10H,1,9,11H2,2-5H3,(H,17,18). The molecule has 1 N–H and O–H groups in total. The molecule has 0 bridgehead atoms. The molecule has 3 heteroatoms. The molecule has 0 radical (unpaired) electrons. The third-order valence-electron chi connectivity index (χ3n) is 2.88. The minimum Gasteiger partial charge on any atom is -0.496 e. The van der Waals surface area contributed by atoms with Crippen molar-refractivity contribution in [2.75, 3.05) is 13.7 Å². The molecule has 0 atom stereocenters. The molecule has 0 fully saturated rings. The lowest BCUT2D eigenvalue weighted by molar-refractivity contribution is -0.120. The normalized spacial score (nSPS) is 10.9. The SMILES string of the molecule is C=CCNC(=O)Cc1ccc(OC)c(C(C)(C)C)c1. The van der Waals surface area contributed by atoms with Crippen molar-refractivity contribution in [1.29, 1.82) is 0 Å². The Kier molecular flexibility index (Phi) is 5.16. The summed E-state index contributed by atoms with van der Waals surface area (Å²) < 4.78 is 5.38. The van der Waals surface area contributed by atoms with E-state index in [1.165, 1.54) is 0 Å². The highest BCUT2D eigenvalue weighted by atomic mass is 16.5. The Morgan fingerprint density at radius 3 is 2.63 bits per heavy atom. The summed E-state index contributed by atoms with van der Waals surface area (Å²) >= 11 is 0. The van der Waals surface area contributed by atoms with E-state index >= 15 is 0 Å². The van der Waals surface area contributed by atoms with Gasteiger partial charge in [-0.1, -0.05) is 39.0 Å². The van der Waals surface area contributed by atoms with Crippen molar-refractivity contribution in [1.82, 2.24) is 5.32 Å². The summed E-state index contributed by atoms with van der Waals surface area (Å²) in [5.41, 5.74) is 2.09. The highest BCUT2D eigenvalue weighted by Gasteiger charge is 2.19. The van der Waals surface area contributed by atoms with Crippen molar-refractivity contribution >= 4 is 5.91 Å². The van der Waals surface area contributed by atoms with Crippen LogP contribution in [0, 0.1) is 0 Å². The van der Waals surface area contributed by atoms with Crippen LogP contribution in [-0.2, 0) is 16.6 Å². The number of methoxy groups -OCH3 is 1. The van der Waals surface area contributed by atoms with Crippen molar-refractivity contribution in [3.8, 4) is 5.75 Å². The third-order valence-corrected chi connectivity index (χ3v) is 2.88. The fourth-order valence-electron chi connectivity index (χ4n) is 1.89. The van der Waals surface area contributed by atoms with Crippen molar-refractivity contribution < 1.29 is 9.53 Å². The summed E-state index contributed by atoms with van der Waals surface area (Å²) in [7, 11) is 1.67. The highest BCUT2D eigenvalue weighted by Crippen LogP contribution is 2.32. The molecular weight excluding hydrogens is 238 g/mol. The van der Waals surface area contributed by atoms with Gasteiger partial charge in [-0.15, -0.1) is 6.58 Å². The Labute approximate surface area is 115 Å². The molecule has 0 aliphatic carbocycles. The number of benzene rings is 1. The number of rotatable bonds is 5. The average molecular weight is 261 g/mol. The maximum atomic E-state index is 11.7. The lowest BCUT2D eigenvalue weighted by Crippen LogP contribution is -2.25. The first kappa shape index (κ1) is 15.3. The van der Waals surface area contributed by atoms with E-state index < -0.39 is 0 Å². The van der Waals surface area contributed by atoms with Crippen molar-refractivity contribution in [3.05, 3.63) is 42.0 Å². The Morgan fingerprint density at radius 2 is 2.11 bits per heavy atom. The Morgan fingerprint density at radius 1 is 1.42 bits per heavy atom. The topological polar surface area (TPSA) is 38.3 Å². The van der Waals surface area contributed by atoms with E-state index in [0.29, 0.717) is 13.0 Å². The number of nitrogens with one attached hydrogen (secondary N) is 1. The zero-order valence-electron chi connectivity index (χ0n) is 12.2. The molecule has 0 saturated carbocycles. The van der Waals surface area contributed by atoms with Crippen LogP contribution in [0.15, 0.2) is 30.9 Å². The average Bonchev–Trinajstić information content (AvgIpc) is 2.35. The van der Waals surface area contributed by atoms with Gasteiger partial charge in [0.05, 0.1) is 13.5 Å². The van der Waals surface area contributed by atoms with E-state index in [2.05, 4.69) is 32.7 Å². The summed E-state index contributed by atoms with van der Waals surface area (Å²) in [6.45, 7) is 10.5. The van der Waals surface area contributed by atoms with Gasteiger partial charge in [0.15, 0.2) is 0 Å². The zero-order chi connectivity index (χ0) is 14.5. The van der Waals surface area contributed by atoms with Crippen LogP contribution in [0.25, 0.3) is 0 Å². The number of carbonyl (C=O) groups is 1. The fraction of sp³-hybridized carbons (Fsp3) is 0.438. The van der Waals surface area contributed by atoms with Crippen LogP contribution in [-0.4, -0.2) is 19.6 Å². The Hall–Kier alpha value is -1.77. The maximum absolute atomic E-state index is 11.7. The van der Waals surface area contributed by atoms with E-state index in [1.54, 1.807) is 13.2 Å². The van der Waals surface area contributed by atoms with E-state index in [9.17, 15) is 4.79 Å². The van der Waals surface area contributed by atoms with Gasteiger partial charge in [-0.2, -0.15) is 0 Å². The van der Waals surface area contributed by atoms with Crippen molar-refractivity contribution in [2.45, 2.75) is 32.6 Å². The first-order valence-corrected chi connectivity index (χ1v) is 6.43. The van der Waals surface area contributed by atoms with E-state index in [0.717, 1.165) is 16.9 Å². The molecule has 0 aliphatic heterocycles. The van der Waals surface area contributed by atoms with Gasteiger partial charge in [0.25, 0.3) is 0 Å². The van der Waals surface area contributed by atoms with Gasteiger partial charge in [-0.3, -0.25) is 4.79 Å². The Balaban J connectivity index is 2.92. The number of amides is 1. The van der Waals surface area contributed by atoms with Crippen LogP contribution in [0.4, 0.5) is 0 Å². The minimum absolute atomic E-state index is 0.00456. The minimum atomic E-state index is -0.0149. The molecule has 1 aromatic rings. The summed E-state index contributed by atoms with van der Waals surface area (Å²) in [4.78, 5) is 11.7. The van der Waals surface area contributed by atoms with Crippen LogP contribution in [0.5, 0.6) is 5.75 Å². The first-order valence-electron chi connectivity index (χ1n) is 6.43. The maximum Gasteiger partial charge on any atom is 0.224 e. The molecule has 19 heavy (non-hydrogen) atoms. The molecule has 1 amide bonds.